The summed E-state index contributed by atoms with van der Waals surface area (Å²) in [5.74, 6) is 0.594. The van der Waals surface area contributed by atoms with Gasteiger partial charge < -0.3 is 19.6 Å². The van der Waals surface area contributed by atoms with Crippen LogP contribution in [0.3, 0.4) is 0 Å². The Labute approximate surface area is 145 Å². The smallest absolute Gasteiger partial charge is 0.255 e. The summed E-state index contributed by atoms with van der Waals surface area (Å²) in [5, 5.41) is 13.1. The number of carbonyl (C=O) groups excluding carboxylic acids is 1. The number of halogens is 1. The highest BCUT2D eigenvalue weighted by atomic mass is 35.5. The summed E-state index contributed by atoms with van der Waals surface area (Å²) in [6.45, 7) is 0.0434. The number of furan rings is 1. The maximum Gasteiger partial charge on any atom is 0.255 e. The van der Waals surface area contributed by atoms with Gasteiger partial charge in [0.1, 0.15) is 17.6 Å². The molecule has 1 amide bonds. The van der Waals surface area contributed by atoms with Crippen molar-refractivity contribution in [2.45, 2.75) is 37.9 Å². The first-order valence-electron chi connectivity index (χ1n) is 8.09. The van der Waals surface area contributed by atoms with Crippen LogP contribution in [0.25, 0.3) is 0 Å². The number of hydrogen-bond acceptors (Lipinski definition) is 4. The molecule has 1 fully saturated rings. The Morgan fingerprint density at radius 3 is 2.88 bits per heavy atom. The average molecular weight is 350 g/mol. The fourth-order valence-electron chi connectivity index (χ4n) is 2.83. The Hall–Kier alpha value is -1.98. The van der Waals surface area contributed by atoms with Crippen LogP contribution in [-0.2, 0) is 0 Å². The molecule has 1 aromatic heterocycles. The van der Waals surface area contributed by atoms with Crippen molar-refractivity contribution >= 4 is 17.5 Å². The van der Waals surface area contributed by atoms with Gasteiger partial charge >= 0.3 is 0 Å². The van der Waals surface area contributed by atoms with E-state index in [0.717, 1.165) is 25.7 Å². The highest BCUT2D eigenvalue weighted by Gasteiger charge is 2.21. The molecule has 1 saturated carbocycles. The first-order chi connectivity index (χ1) is 11.6. The van der Waals surface area contributed by atoms with E-state index in [1.165, 1.54) is 6.26 Å². The predicted octanol–water partition coefficient (Wildman–Crippen LogP) is 3.72. The van der Waals surface area contributed by atoms with Crippen molar-refractivity contribution in [3.8, 4) is 5.75 Å². The quantitative estimate of drug-likeness (QED) is 0.833. The van der Waals surface area contributed by atoms with Gasteiger partial charge in [0.15, 0.2) is 0 Å². The van der Waals surface area contributed by atoms with Gasteiger partial charge in [0, 0.05) is 5.02 Å². The molecule has 128 valence electrons. The first kappa shape index (κ1) is 16.9. The molecule has 0 bridgehead atoms. The van der Waals surface area contributed by atoms with Crippen molar-refractivity contribution in [1.82, 2.24) is 5.32 Å². The number of benzene rings is 1. The number of ether oxygens (including phenoxy) is 1. The van der Waals surface area contributed by atoms with Crippen molar-refractivity contribution in [2.75, 3.05) is 6.54 Å². The number of hydrogen-bond donors (Lipinski definition) is 2. The zero-order valence-electron chi connectivity index (χ0n) is 13.2. The predicted molar refractivity (Wildman–Crippen MR) is 90.3 cm³/mol. The molecule has 6 heteroatoms. The summed E-state index contributed by atoms with van der Waals surface area (Å²) in [5.41, 5.74) is 0.376. The lowest BCUT2D eigenvalue weighted by Crippen LogP contribution is -2.29. The van der Waals surface area contributed by atoms with E-state index in [9.17, 15) is 9.90 Å². The Bertz CT molecular complexity index is 680. The van der Waals surface area contributed by atoms with Crippen molar-refractivity contribution in [3.63, 3.8) is 0 Å². The largest absolute Gasteiger partial charge is 0.490 e. The van der Waals surface area contributed by atoms with Gasteiger partial charge in [-0.05, 0) is 56.0 Å². The van der Waals surface area contributed by atoms with Crippen LogP contribution in [0.5, 0.6) is 5.75 Å². The standard InChI is InChI=1S/C18H20ClNO4/c19-12-7-8-16(24-13-4-1-2-5-13)14(10-12)18(22)20-11-15(21)17-6-3-9-23-17/h3,6-10,13,15,21H,1-2,4-5,11H2,(H,20,22). The molecule has 2 aromatic rings. The number of carbonyl (C=O) groups is 1. The molecule has 0 saturated heterocycles. The van der Waals surface area contributed by atoms with Gasteiger partial charge in [0.25, 0.3) is 5.91 Å². The SMILES string of the molecule is O=C(NCC(O)c1ccco1)c1cc(Cl)ccc1OC1CCCC1. The second-order valence-corrected chi connectivity index (χ2v) is 6.34. The lowest BCUT2D eigenvalue weighted by Gasteiger charge is -2.17. The van der Waals surface area contributed by atoms with Gasteiger partial charge in [-0.25, -0.2) is 0 Å². The maximum absolute atomic E-state index is 12.5. The van der Waals surface area contributed by atoms with E-state index < -0.39 is 6.10 Å². The second kappa shape index (κ2) is 7.73. The van der Waals surface area contributed by atoms with E-state index in [2.05, 4.69) is 5.32 Å². The molecule has 1 heterocycles. The van der Waals surface area contributed by atoms with Crippen molar-refractivity contribution < 1.29 is 19.1 Å². The lowest BCUT2D eigenvalue weighted by molar-refractivity contribution is 0.0894. The molecule has 0 aliphatic heterocycles. The summed E-state index contributed by atoms with van der Waals surface area (Å²) in [6, 6.07) is 8.36. The Morgan fingerprint density at radius 1 is 1.38 bits per heavy atom. The van der Waals surface area contributed by atoms with Gasteiger partial charge in [0.2, 0.25) is 0 Å². The summed E-state index contributed by atoms with van der Waals surface area (Å²) >= 11 is 6.02. The molecule has 1 aromatic carbocycles. The molecule has 0 spiro atoms. The van der Waals surface area contributed by atoms with Gasteiger partial charge in [-0.3, -0.25) is 4.79 Å². The van der Waals surface area contributed by atoms with Crippen LogP contribution in [0, 0.1) is 0 Å². The molecule has 1 atom stereocenters. The lowest BCUT2D eigenvalue weighted by atomic mass is 10.1. The Balaban J connectivity index is 1.67. The Morgan fingerprint density at radius 2 is 2.17 bits per heavy atom. The van der Waals surface area contributed by atoms with Crippen LogP contribution < -0.4 is 10.1 Å². The summed E-state index contributed by atoms with van der Waals surface area (Å²) in [4.78, 5) is 12.5. The van der Waals surface area contributed by atoms with Crippen LogP contribution in [0.4, 0.5) is 0 Å². The minimum absolute atomic E-state index is 0.0434. The van der Waals surface area contributed by atoms with Crippen LogP contribution >= 0.6 is 11.6 Å². The number of aliphatic hydroxyl groups excluding tert-OH is 1. The van der Waals surface area contributed by atoms with Gasteiger partial charge in [-0.2, -0.15) is 0 Å². The minimum atomic E-state index is -0.901. The Kier molecular flexibility index (Phi) is 5.43. The fourth-order valence-corrected chi connectivity index (χ4v) is 3.01. The molecular formula is C18H20ClNO4. The van der Waals surface area contributed by atoms with E-state index in [-0.39, 0.29) is 18.6 Å². The van der Waals surface area contributed by atoms with Gasteiger partial charge in [-0.1, -0.05) is 11.6 Å². The third kappa shape index (κ3) is 4.10. The van der Waals surface area contributed by atoms with Crippen molar-refractivity contribution in [1.29, 1.82) is 0 Å². The molecule has 0 radical (unpaired) electrons. The minimum Gasteiger partial charge on any atom is -0.490 e. The average Bonchev–Trinajstić information content (AvgIpc) is 3.27. The van der Waals surface area contributed by atoms with E-state index in [1.807, 2.05) is 0 Å². The zero-order valence-corrected chi connectivity index (χ0v) is 14.0. The van der Waals surface area contributed by atoms with Crippen LogP contribution in [0.1, 0.15) is 47.9 Å². The first-order valence-corrected chi connectivity index (χ1v) is 8.47. The molecule has 5 nitrogen and oxygen atoms in total. The molecule has 2 N–H and O–H groups in total. The van der Waals surface area contributed by atoms with Crippen molar-refractivity contribution in [2.24, 2.45) is 0 Å². The highest BCUT2D eigenvalue weighted by molar-refractivity contribution is 6.31. The van der Waals surface area contributed by atoms with E-state index in [0.29, 0.717) is 22.1 Å². The summed E-state index contributed by atoms with van der Waals surface area (Å²) in [7, 11) is 0. The fraction of sp³-hybridized carbons (Fsp3) is 0.389. The molecule has 3 rings (SSSR count). The number of amides is 1. The van der Waals surface area contributed by atoms with Crippen LogP contribution in [0.15, 0.2) is 41.0 Å². The van der Waals surface area contributed by atoms with E-state index in [4.69, 9.17) is 20.8 Å². The number of rotatable bonds is 6. The van der Waals surface area contributed by atoms with Crippen LogP contribution in [-0.4, -0.2) is 23.7 Å². The molecule has 24 heavy (non-hydrogen) atoms. The monoisotopic (exact) mass is 349 g/mol. The summed E-state index contributed by atoms with van der Waals surface area (Å²) in [6.07, 6.45) is 5.02. The maximum atomic E-state index is 12.5. The van der Waals surface area contributed by atoms with Crippen LogP contribution in [0.2, 0.25) is 5.02 Å². The molecular weight excluding hydrogens is 330 g/mol. The highest BCUT2D eigenvalue weighted by Crippen LogP contribution is 2.28. The molecule has 1 aliphatic carbocycles. The third-order valence-electron chi connectivity index (χ3n) is 4.11. The molecule has 1 unspecified atom stereocenters. The summed E-state index contributed by atoms with van der Waals surface area (Å²) < 4.78 is 11.1. The topological polar surface area (TPSA) is 71.7 Å². The van der Waals surface area contributed by atoms with Gasteiger partial charge in [-0.15, -0.1) is 0 Å². The van der Waals surface area contributed by atoms with Gasteiger partial charge in [0.05, 0.1) is 24.5 Å². The normalized spacial score (nSPS) is 16.1. The number of aliphatic hydroxyl groups is 1. The van der Waals surface area contributed by atoms with E-state index >= 15 is 0 Å². The van der Waals surface area contributed by atoms with E-state index in [1.54, 1.807) is 30.3 Å². The number of nitrogens with one attached hydrogen (secondary N) is 1. The van der Waals surface area contributed by atoms with Crippen molar-refractivity contribution in [3.05, 3.63) is 52.9 Å². The second-order valence-electron chi connectivity index (χ2n) is 5.91. The zero-order chi connectivity index (χ0) is 16.9. The molecule has 1 aliphatic rings. The third-order valence-corrected chi connectivity index (χ3v) is 4.34.